The number of fused-ring (bicyclic) bond motifs is 4. The number of hydrogen-bond donors (Lipinski definition) is 2. The number of nitrogens with zero attached hydrogens (tertiary/aromatic N) is 1. The van der Waals surface area contributed by atoms with E-state index in [1.807, 2.05) is 12.1 Å². The monoisotopic (exact) mass is 357 g/mol. The zero-order valence-corrected chi connectivity index (χ0v) is 15.2. The van der Waals surface area contributed by atoms with Crippen LogP contribution in [0.25, 0.3) is 0 Å². The Labute approximate surface area is 152 Å². The second-order valence-electron chi connectivity index (χ2n) is 6.76. The van der Waals surface area contributed by atoms with Crippen LogP contribution in [0.5, 0.6) is 23.0 Å². The van der Waals surface area contributed by atoms with Gasteiger partial charge in [-0.15, -0.1) is 0 Å². The number of benzene rings is 2. The molecule has 2 aliphatic rings. The van der Waals surface area contributed by atoms with Crippen LogP contribution in [0.1, 0.15) is 34.4 Å². The Bertz CT molecular complexity index is 851. The number of methoxy groups -OCH3 is 3. The van der Waals surface area contributed by atoms with Gasteiger partial charge in [-0.1, -0.05) is 6.07 Å². The predicted octanol–water partition coefficient (Wildman–Crippen LogP) is 2.56. The molecule has 2 aliphatic heterocycles. The van der Waals surface area contributed by atoms with Gasteiger partial charge in [-0.2, -0.15) is 0 Å². The minimum Gasteiger partial charge on any atom is -0.504 e. The van der Waals surface area contributed by atoms with E-state index in [4.69, 9.17) is 14.2 Å². The van der Waals surface area contributed by atoms with E-state index in [1.54, 1.807) is 20.3 Å². The van der Waals surface area contributed by atoms with Crippen LogP contribution in [-0.4, -0.2) is 43.0 Å². The zero-order chi connectivity index (χ0) is 18.4. The minimum absolute atomic E-state index is 0.0568. The topological polar surface area (TPSA) is 71.4 Å². The molecular weight excluding hydrogens is 334 g/mol. The van der Waals surface area contributed by atoms with Crippen LogP contribution in [0, 0.1) is 0 Å². The van der Waals surface area contributed by atoms with Crippen LogP contribution in [0.3, 0.4) is 0 Å². The molecule has 2 heterocycles. The first-order chi connectivity index (χ1) is 12.6. The third-order valence-electron chi connectivity index (χ3n) is 5.47. The number of ether oxygens (including phenoxy) is 3. The van der Waals surface area contributed by atoms with Crippen LogP contribution in [0.2, 0.25) is 0 Å². The molecule has 0 aliphatic carbocycles. The zero-order valence-electron chi connectivity index (χ0n) is 15.2. The molecule has 2 aromatic carbocycles. The molecule has 2 N–H and O–H groups in total. The van der Waals surface area contributed by atoms with Gasteiger partial charge in [0, 0.05) is 24.7 Å². The molecule has 0 aromatic heterocycles. The molecule has 6 nitrogen and oxygen atoms in total. The van der Waals surface area contributed by atoms with Gasteiger partial charge >= 0.3 is 0 Å². The van der Waals surface area contributed by atoms with Gasteiger partial charge in [0.15, 0.2) is 23.0 Å². The van der Waals surface area contributed by atoms with Crippen molar-refractivity contribution in [2.75, 3.05) is 27.9 Å². The Morgan fingerprint density at radius 3 is 2.46 bits per heavy atom. The molecule has 26 heavy (non-hydrogen) atoms. The van der Waals surface area contributed by atoms with Crippen molar-refractivity contribution in [2.24, 2.45) is 0 Å². The lowest BCUT2D eigenvalue weighted by molar-refractivity contribution is 0.0537. The maximum atomic E-state index is 10.6. The summed E-state index contributed by atoms with van der Waals surface area (Å²) in [5.74, 6) is 1.96. The Morgan fingerprint density at radius 2 is 1.77 bits per heavy atom. The third-order valence-corrected chi connectivity index (χ3v) is 5.47. The van der Waals surface area contributed by atoms with Crippen LogP contribution in [0.4, 0.5) is 0 Å². The molecule has 138 valence electrons. The largest absolute Gasteiger partial charge is 0.504 e. The van der Waals surface area contributed by atoms with E-state index >= 15 is 0 Å². The van der Waals surface area contributed by atoms with Crippen LogP contribution >= 0.6 is 0 Å². The molecule has 0 amide bonds. The highest BCUT2D eigenvalue weighted by Crippen LogP contribution is 2.47. The summed E-state index contributed by atoms with van der Waals surface area (Å²) in [5, 5.41) is 20.7. The van der Waals surface area contributed by atoms with Crippen molar-refractivity contribution in [1.82, 2.24) is 4.90 Å². The summed E-state index contributed by atoms with van der Waals surface area (Å²) in [7, 11) is 4.82. The average Bonchev–Trinajstić information content (AvgIpc) is 2.65. The summed E-state index contributed by atoms with van der Waals surface area (Å²) in [5.41, 5.74) is 4.08. The van der Waals surface area contributed by atoms with Crippen molar-refractivity contribution < 1.29 is 24.4 Å². The fourth-order valence-electron chi connectivity index (χ4n) is 4.21. The molecule has 2 atom stereocenters. The van der Waals surface area contributed by atoms with Gasteiger partial charge in [0.25, 0.3) is 0 Å². The SMILES string of the molecule is COc1cc2c(cc1O)C(O)CN1Cc3c(ccc(OC)c3OC)CC21. The van der Waals surface area contributed by atoms with Crippen molar-refractivity contribution >= 4 is 0 Å². The number of aromatic hydroxyl groups is 1. The lowest BCUT2D eigenvalue weighted by Gasteiger charge is -2.43. The molecule has 2 unspecified atom stereocenters. The lowest BCUT2D eigenvalue weighted by Crippen LogP contribution is -2.41. The van der Waals surface area contributed by atoms with Gasteiger partial charge in [-0.25, -0.2) is 0 Å². The van der Waals surface area contributed by atoms with Gasteiger partial charge in [0.2, 0.25) is 0 Å². The highest BCUT2D eigenvalue weighted by Gasteiger charge is 2.38. The Kier molecular flexibility index (Phi) is 4.17. The number of phenolic OH excluding ortho intramolecular Hbond substituents is 1. The van der Waals surface area contributed by atoms with E-state index in [9.17, 15) is 10.2 Å². The number of rotatable bonds is 3. The highest BCUT2D eigenvalue weighted by molar-refractivity contribution is 5.54. The maximum absolute atomic E-state index is 10.6. The van der Waals surface area contributed by atoms with E-state index in [0.29, 0.717) is 24.6 Å². The van der Waals surface area contributed by atoms with E-state index < -0.39 is 6.10 Å². The molecule has 0 saturated heterocycles. The molecule has 0 spiro atoms. The molecular formula is C20H23NO5. The first kappa shape index (κ1) is 17.0. The van der Waals surface area contributed by atoms with E-state index in [2.05, 4.69) is 11.0 Å². The second kappa shape index (κ2) is 6.37. The van der Waals surface area contributed by atoms with Gasteiger partial charge in [-0.05, 0) is 41.3 Å². The molecule has 0 saturated carbocycles. The first-order valence-electron chi connectivity index (χ1n) is 8.63. The fraction of sp³-hybridized carbons (Fsp3) is 0.400. The number of aliphatic hydroxyl groups excluding tert-OH is 1. The number of aliphatic hydroxyl groups is 1. The smallest absolute Gasteiger partial charge is 0.165 e. The van der Waals surface area contributed by atoms with Crippen molar-refractivity contribution in [3.63, 3.8) is 0 Å². The van der Waals surface area contributed by atoms with Crippen molar-refractivity contribution in [3.05, 3.63) is 46.5 Å². The molecule has 0 fully saturated rings. The first-order valence-corrected chi connectivity index (χ1v) is 8.63. The fourth-order valence-corrected chi connectivity index (χ4v) is 4.21. The number of hydrogen-bond acceptors (Lipinski definition) is 6. The molecule has 0 radical (unpaired) electrons. The van der Waals surface area contributed by atoms with E-state index in [0.717, 1.165) is 28.9 Å². The normalized spacial score (nSPS) is 21.4. The summed E-state index contributed by atoms with van der Waals surface area (Å²) in [6.45, 7) is 1.17. The average molecular weight is 357 g/mol. The summed E-state index contributed by atoms with van der Waals surface area (Å²) < 4.78 is 16.3. The summed E-state index contributed by atoms with van der Waals surface area (Å²) in [6.07, 6.45) is 0.139. The predicted molar refractivity (Wildman–Crippen MR) is 96.0 cm³/mol. The highest BCUT2D eigenvalue weighted by atomic mass is 16.5. The van der Waals surface area contributed by atoms with E-state index in [-0.39, 0.29) is 11.8 Å². The lowest BCUT2D eigenvalue weighted by atomic mass is 9.82. The summed E-state index contributed by atoms with van der Waals surface area (Å²) in [6, 6.07) is 7.60. The Hall–Kier alpha value is -2.44. The quantitative estimate of drug-likeness (QED) is 0.880. The Morgan fingerprint density at radius 1 is 1.00 bits per heavy atom. The maximum Gasteiger partial charge on any atom is 0.165 e. The van der Waals surface area contributed by atoms with Gasteiger partial charge < -0.3 is 24.4 Å². The van der Waals surface area contributed by atoms with Gasteiger partial charge in [0.05, 0.1) is 27.4 Å². The summed E-state index contributed by atoms with van der Waals surface area (Å²) >= 11 is 0. The van der Waals surface area contributed by atoms with E-state index in [1.165, 1.54) is 12.7 Å². The van der Waals surface area contributed by atoms with Crippen molar-refractivity contribution in [3.8, 4) is 23.0 Å². The molecule has 2 aromatic rings. The third kappa shape index (κ3) is 2.48. The van der Waals surface area contributed by atoms with Crippen LogP contribution < -0.4 is 14.2 Å². The second-order valence-corrected chi connectivity index (χ2v) is 6.76. The Balaban J connectivity index is 1.80. The van der Waals surface area contributed by atoms with Gasteiger partial charge in [-0.3, -0.25) is 4.90 Å². The molecule has 6 heteroatoms. The van der Waals surface area contributed by atoms with Crippen LogP contribution in [0.15, 0.2) is 24.3 Å². The standard InChI is InChI=1S/C20H23NO5/c1-24-18-5-4-11-6-15-12-8-19(25-2)16(22)7-13(12)17(23)10-21(15)9-14(11)20(18)26-3/h4-5,7-8,15,17,22-23H,6,9-10H2,1-3H3. The van der Waals surface area contributed by atoms with Gasteiger partial charge in [0.1, 0.15) is 0 Å². The molecule has 4 rings (SSSR count). The minimum atomic E-state index is -0.656. The number of phenols is 1. The van der Waals surface area contributed by atoms with Crippen molar-refractivity contribution in [2.45, 2.75) is 25.1 Å². The van der Waals surface area contributed by atoms with Crippen LogP contribution in [-0.2, 0) is 13.0 Å². The van der Waals surface area contributed by atoms with Crippen molar-refractivity contribution in [1.29, 1.82) is 0 Å². The summed E-state index contributed by atoms with van der Waals surface area (Å²) in [4.78, 5) is 2.24. The molecule has 0 bridgehead atoms.